The van der Waals surface area contributed by atoms with Gasteiger partial charge in [-0.3, -0.25) is 4.79 Å². The highest BCUT2D eigenvalue weighted by Gasteiger charge is 2.11. The lowest BCUT2D eigenvalue weighted by Gasteiger charge is -2.10. The van der Waals surface area contributed by atoms with E-state index in [0.717, 1.165) is 11.1 Å². The van der Waals surface area contributed by atoms with Crippen molar-refractivity contribution in [3.63, 3.8) is 0 Å². The van der Waals surface area contributed by atoms with Crippen LogP contribution in [-0.4, -0.2) is 15.9 Å². The van der Waals surface area contributed by atoms with Crippen molar-refractivity contribution in [3.8, 4) is 0 Å². The Morgan fingerprint density at radius 3 is 2.68 bits per heavy atom. The summed E-state index contributed by atoms with van der Waals surface area (Å²) in [5.74, 6) is 0.280. The van der Waals surface area contributed by atoms with Crippen molar-refractivity contribution in [2.45, 2.75) is 13.5 Å². The highest BCUT2D eigenvalue weighted by atomic mass is 35.5. The lowest BCUT2D eigenvalue weighted by Crippen LogP contribution is -2.15. The molecule has 126 valence electrons. The molecule has 0 unspecified atom stereocenters. The Morgan fingerprint density at radius 2 is 1.88 bits per heavy atom. The second-order valence-corrected chi connectivity index (χ2v) is 5.98. The fourth-order valence-corrected chi connectivity index (χ4v) is 2.45. The van der Waals surface area contributed by atoms with E-state index >= 15 is 0 Å². The molecule has 25 heavy (non-hydrogen) atoms. The van der Waals surface area contributed by atoms with Crippen molar-refractivity contribution in [1.82, 2.24) is 9.97 Å². The van der Waals surface area contributed by atoms with Crippen molar-refractivity contribution in [1.29, 1.82) is 0 Å². The maximum Gasteiger partial charge on any atom is 0.274 e. The molecule has 6 heteroatoms. The van der Waals surface area contributed by atoms with Crippen molar-refractivity contribution in [2.75, 3.05) is 10.6 Å². The van der Waals surface area contributed by atoms with Crippen LogP contribution in [0.3, 0.4) is 0 Å². The van der Waals surface area contributed by atoms with Gasteiger partial charge >= 0.3 is 0 Å². The Morgan fingerprint density at radius 1 is 1.08 bits per heavy atom. The number of hydrogen-bond acceptors (Lipinski definition) is 4. The first kappa shape index (κ1) is 16.9. The third kappa shape index (κ3) is 4.55. The fourth-order valence-electron chi connectivity index (χ4n) is 2.28. The topological polar surface area (TPSA) is 66.9 Å². The van der Waals surface area contributed by atoms with Crippen LogP contribution >= 0.6 is 11.6 Å². The fraction of sp³-hybridized carbons (Fsp3) is 0.105. The Hall–Kier alpha value is -2.92. The predicted molar refractivity (Wildman–Crippen MR) is 99.9 cm³/mol. The zero-order valence-electron chi connectivity index (χ0n) is 13.7. The quantitative estimate of drug-likeness (QED) is 0.718. The molecule has 1 amide bonds. The molecule has 2 aromatic carbocycles. The van der Waals surface area contributed by atoms with Crippen LogP contribution in [0.5, 0.6) is 0 Å². The predicted octanol–water partition coefficient (Wildman–Crippen LogP) is 4.30. The molecular weight excluding hydrogens is 336 g/mol. The van der Waals surface area contributed by atoms with E-state index < -0.39 is 0 Å². The molecule has 0 atom stereocenters. The van der Waals surface area contributed by atoms with E-state index in [2.05, 4.69) is 20.6 Å². The largest absolute Gasteiger partial charge is 0.366 e. The van der Waals surface area contributed by atoms with Gasteiger partial charge in [-0.05, 0) is 30.2 Å². The molecule has 0 saturated carbocycles. The van der Waals surface area contributed by atoms with Crippen LogP contribution < -0.4 is 10.6 Å². The van der Waals surface area contributed by atoms with Gasteiger partial charge in [0.25, 0.3) is 5.91 Å². The summed E-state index contributed by atoms with van der Waals surface area (Å²) in [6.07, 6.45) is 1.37. The summed E-state index contributed by atoms with van der Waals surface area (Å²) in [4.78, 5) is 20.6. The van der Waals surface area contributed by atoms with Gasteiger partial charge in [-0.1, -0.05) is 48.0 Å². The summed E-state index contributed by atoms with van der Waals surface area (Å²) in [7, 11) is 0. The van der Waals surface area contributed by atoms with Gasteiger partial charge < -0.3 is 10.6 Å². The molecule has 0 spiro atoms. The highest BCUT2D eigenvalue weighted by molar-refractivity contribution is 6.31. The molecule has 0 radical (unpaired) electrons. The van der Waals surface area contributed by atoms with E-state index in [4.69, 9.17) is 11.6 Å². The number of carbonyl (C=O) groups excluding carboxylic acids is 1. The van der Waals surface area contributed by atoms with Gasteiger partial charge in [-0.25, -0.2) is 9.97 Å². The third-order valence-corrected chi connectivity index (χ3v) is 3.90. The third-order valence-electron chi connectivity index (χ3n) is 3.66. The van der Waals surface area contributed by atoms with Crippen molar-refractivity contribution in [2.24, 2.45) is 0 Å². The zero-order chi connectivity index (χ0) is 17.6. The molecule has 0 bridgehead atoms. The van der Waals surface area contributed by atoms with Crippen molar-refractivity contribution in [3.05, 3.63) is 82.8 Å². The average molecular weight is 353 g/mol. The molecule has 3 rings (SSSR count). The van der Waals surface area contributed by atoms with Gasteiger partial charge in [0.15, 0.2) is 0 Å². The molecule has 1 aromatic heterocycles. The van der Waals surface area contributed by atoms with Gasteiger partial charge in [0.1, 0.15) is 17.8 Å². The van der Waals surface area contributed by atoms with E-state index in [1.807, 2.05) is 43.3 Å². The minimum Gasteiger partial charge on any atom is -0.366 e. The summed E-state index contributed by atoms with van der Waals surface area (Å²) in [6.45, 7) is 2.52. The van der Waals surface area contributed by atoms with Crippen LogP contribution in [-0.2, 0) is 6.54 Å². The molecule has 0 fully saturated rings. The van der Waals surface area contributed by atoms with E-state index in [1.165, 1.54) is 6.33 Å². The first-order valence-corrected chi connectivity index (χ1v) is 8.17. The highest BCUT2D eigenvalue weighted by Crippen LogP contribution is 2.21. The van der Waals surface area contributed by atoms with Gasteiger partial charge in [0.2, 0.25) is 0 Å². The molecule has 3 aromatic rings. The Bertz CT molecular complexity index is 884. The van der Waals surface area contributed by atoms with Crippen LogP contribution in [0.15, 0.2) is 60.9 Å². The molecule has 0 aliphatic rings. The lowest BCUT2D eigenvalue weighted by molar-refractivity contribution is 0.102. The first-order valence-electron chi connectivity index (χ1n) is 7.79. The van der Waals surface area contributed by atoms with Crippen LogP contribution in [0.2, 0.25) is 5.02 Å². The molecule has 0 saturated heterocycles. The molecule has 0 aliphatic carbocycles. The minimum absolute atomic E-state index is 0.282. The summed E-state index contributed by atoms with van der Waals surface area (Å²) < 4.78 is 0. The second-order valence-electron chi connectivity index (χ2n) is 5.54. The summed E-state index contributed by atoms with van der Waals surface area (Å²) in [5, 5.41) is 6.58. The number of hydrogen-bond donors (Lipinski definition) is 2. The summed E-state index contributed by atoms with van der Waals surface area (Å²) >= 11 is 5.98. The number of carbonyl (C=O) groups is 1. The smallest absolute Gasteiger partial charge is 0.274 e. The maximum atomic E-state index is 12.4. The number of benzene rings is 2. The zero-order valence-corrected chi connectivity index (χ0v) is 14.4. The second kappa shape index (κ2) is 7.77. The lowest BCUT2D eigenvalue weighted by atomic mass is 10.2. The van der Waals surface area contributed by atoms with E-state index in [1.54, 1.807) is 18.2 Å². The van der Waals surface area contributed by atoms with E-state index in [-0.39, 0.29) is 11.6 Å². The number of nitrogens with one attached hydrogen (secondary N) is 2. The summed E-state index contributed by atoms with van der Waals surface area (Å²) in [5.41, 5.74) is 3.00. The average Bonchev–Trinajstić information content (AvgIpc) is 2.64. The van der Waals surface area contributed by atoms with Crippen molar-refractivity contribution < 1.29 is 4.79 Å². The SMILES string of the molecule is Cc1ccc(Cl)cc1NC(=O)c1cc(NCc2ccccc2)ncn1. The van der Waals surface area contributed by atoms with E-state index in [9.17, 15) is 4.79 Å². The van der Waals surface area contributed by atoms with Gasteiger partial charge in [0.05, 0.1) is 0 Å². The normalized spacial score (nSPS) is 10.3. The number of aromatic nitrogens is 2. The Kier molecular flexibility index (Phi) is 5.26. The molecule has 2 N–H and O–H groups in total. The number of anilines is 2. The number of rotatable bonds is 5. The standard InChI is InChI=1S/C19H17ClN4O/c1-13-7-8-15(20)9-16(13)24-19(25)17-10-18(23-12-22-17)21-11-14-5-3-2-4-6-14/h2-10,12H,11H2,1H3,(H,24,25)(H,21,22,23). The number of amides is 1. The molecule has 5 nitrogen and oxygen atoms in total. The Balaban J connectivity index is 1.70. The van der Waals surface area contributed by atoms with E-state index in [0.29, 0.717) is 23.1 Å². The molecular formula is C19H17ClN4O. The van der Waals surface area contributed by atoms with Crippen LogP contribution in [0.25, 0.3) is 0 Å². The van der Waals surface area contributed by atoms with Gasteiger partial charge in [-0.15, -0.1) is 0 Å². The van der Waals surface area contributed by atoms with Gasteiger partial charge in [-0.2, -0.15) is 0 Å². The number of aryl methyl sites for hydroxylation is 1. The molecule has 0 aliphatic heterocycles. The first-order chi connectivity index (χ1) is 12.1. The molecule has 1 heterocycles. The van der Waals surface area contributed by atoms with Crippen LogP contribution in [0, 0.1) is 6.92 Å². The Labute approximate surface area is 151 Å². The van der Waals surface area contributed by atoms with Crippen LogP contribution in [0.1, 0.15) is 21.6 Å². The maximum absolute atomic E-state index is 12.4. The van der Waals surface area contributed by atoms with Gasteiger partial charge in [0, 0.05) is 23.3 Å². The minimum atomic E-state index is -0.310. The van der Waals surface area contributed by atoms with Crippen molar-refractivity contribution >= 4 is 29.0 Å². The number of nitrogens with zero attached hydrogens (tertiary/aromatic N) is 2. The monoisotopic (exact) mass is 352 g/mol. The van der Waals surface area contributed by atoms with Crippen LogP contribution in [0.4, 0.5) is 11.5 Å². The number of halogens is 1. The summed E-state index contributed by atoms with van der Waals surface area (Å²) in [6, 6.07) is 16.9.